The standard InChI is InChI=1S/C17H28N2O/c1-4-9-18-16(15-8-10-20-17(15)5-2)11-14-7-6-13(3)12-19-14/h6-7,12,15-18H,4-5,8-11H2,1-3H3. The van der Waals surface area contributed by atoms with Gasteiger partial charge < -0.3 is 10.1 Å². The number of rotatable bonds is 7. The summed E-state index contributed by atoms with van der Waals surface area (Å²) >= 11 is 0. The van der Waals surface area contributed by atoms with Crippen LogP contribution in [0, 0.1) is 12.8 Å². The van der Waals surface area contributed by atoms with E-state index in [0.29, 0.717) is 18.1 Å². The Balaban J connectivity index is 2.04. The van der Waals surface area contributed by atoms with Gasteiger partial charge in [0.1, 0.15) is 0 Å². The van der Waals surface area contributed by atoms with Gasteiger partial charge >= 0.3 is 0 Å². The van der Waals surface area contributed by atoms with E-state index in [4.69, 9.17) is 4.74 Å². The monoisotopic (exact) mass is 276 g/mol. The minimum absolute atomic E-state index is 0.412. The predicted octanol–water partition coefficient (Wildman–Crippen LogP) is 3.12. The van der Waals surface area contributed by atoms with E-state index < -0.39 is 0 Å². The Morgan fingerprint density at radius 1 is 1.40 bits per heavy atom. The third-order valence-corrected chi connectivity index (χ3v) is 4.24. The van der Waals surface area contributed by atoms with E-state index in [9.17, 15) is 0 Å². The smallest absolute Gasteiger partial charge is 0.0616 e. The summed E-state index contributed by atoms with van der Waals surface area (Å²) in [6.07, 6.45) is 6.83. The van der Waals surface area contributed by atoms with Crippen LogP contribution < -0.4 is 5.32 Å². The average Bonchev–Trinajstić information content (AvgIpc) is 2.94. The van der Waals surface area contributed by atoms with Crippen molar-refractivity contribution in [2.75, 3.05) is 13.2 Å². The molecule has 3 heteroatoms. The Morgan fingerprint density at radius 3 is 2.90 bits per heavy atom. The van der Waals surface area contributed by atoms with Crippen molar-refractivity contribution in [2.45, 2.75) is 58.6 Å². The van der Waals surface area contributed by atoms with Crippen molar-refractivity contribution < 1.29 is 4.74 Å². The van der Waals surface area contributed by atoms with Crippen molar-refractivity contribution in [3.8, 4) is 0 Å². The van der Waals surface area contributed by atoms with Crippen molar-refractivity contribution in [1.82, 2.24) is 10.3 Å². The number of aromatic nitrogens is 1. The van der Waals surface area contributed by atoms with Gasteiger partial charge in [0.2, 0.25) is 0 Å². The minimum atomic E-state index is 0.412. The molecule has 0 spiro atoms. The fraction of sp³-hybridized carbons (Fsp3) is 0.706. The molecular formula is C17H28N2O. The number of ether oxygens (including phenoxy) is 1. The molecule has 1 aromatic rings. The largest absolute Gasteiger partial charge is 0.378 e. The molecule has 112 valence electrons. The SMILES string of the molecule is CCCNC(Cc1ccc(C)cn1)C1CCOC1CC. The van der Waals surface area contributed by atoms with Gasteiger partial charge in [0.05, 0.1) is 6.10 Å². The molecule has 0 amide bonds. The summed E-state index contributed by atoms with van der Waals surface area (Å²) in [6, 6.07) is 4.80. The molecule has 1 saturated heterocycles. The number of hydrogen-bond acceptors (Lipinski definition) is 3. The van der Waals surface area contributed by atoms with Gasteiger partial charge in [0.15, 0.2) is 0 Å². The van der Waals surface area contributed by atoms with E-state index in [1.165, 1.54) is 24.1 Å². The zero-order chi connectivity index (χ0) is 14.4. The number of pyridine rings is 1. The molecule has 2 rings (SSSR count). The Labute approximate surface area is 123 Å². The fourth-order valence-corrected chi connectivity index (χ4v) is 3.10. The summed E-state index contributed by atoms with van der Waals surface area (Å²) in [5, 5.41) is 3.72. The van der Waals surface area contributed by atoms with E-state index in [0.717, 1.165) is 26.0 Å². The molecule has 3 unspecified atom stereocenters. The number of nitrogens with zero attached hydrogens (tertiary/aromatic N) is 1. The maximum Gasteiger partial charge on any atom is 0.0616 e. The van der Waals surface area contributed by atoms with Crippen LogP contribution in [0.1, 0.15) is 44.4 Å². The molecule has 0 bridgehead atoms. The van der Waals surface area contributed by atoms with Crippen molar-refractivity contribution in [3.05, 3.63) is 29.6 Å². The Kier molecular flexibility index (Phi) is 5.99. The van der Waals surface area contributed by atoms with Crippen molar-refractivity contribution in [2.24, 2.45) is 5.92 Å². The fourth-order valence-electron chi connectivity index (χ4n) is 3.10. The molecular weight excluding hydrogens is 248 g/mol. The zero-order valence-corrected chi connectivity index (χ0v) is 13.1. The highest BCUT2D eigenvalue weighted by molar-refractivity contribution is 5.13. The van der Waals surface area contributed by atoms with E-state index in [2.05, 4.69) is 43.2 Å². The predicted molar refractivity (Wildman–Crippen MR) is 82.9 cm³/mol. The molecule has 1 aliphatic heterocycles. The zero-order valence-electron chi connectivity index (χ0n) is 13.1. The van der Waals surface area contributed by atoms with Gasteiger partial charge in [-0.15, -0.1) is 0 Å². The van der Waals surface area contributed by atoms with Crippen LogP contribution in [-0.2, 0) is 11.2 Å². The lowest BCUT2D eigenvalue weighted by Gasteiger charge is -2.28. The molecule has 0 radical (unpaired) electrons. The van der Waals surface area contributed by atoms with E-state index in [-0.39, 0.29) is 0 Å². The summed E-state index contributed by atoms with van der Waals surface area (Å²) < 4.78 is 5.87. The third kappa shape index (κ3) is 4.03. The molecule has 20 heavy (non-hydrogen) atoms. The van der Waals surface area contributed by atoms with Crippen LogP contribution in [0.15, 0.2) is 18.3 Å². The number of hydrogen-bond donors (Lipinski definition) is 1. The lowest BCUT2D eigenvalue weighted by atomic mass is 9.88. The second kappa shape index (κ2) is 7.75. The molecule has 1 fully saturated rings. The van der Waals surface area contributed by atoms with Crippen LogP contribution in [0.5, 0.6) is 0 Å². The van der Waals surface area contributed by atoms with Crippen LogP contribution in [0.25, 0.3) is 0 Å². The maximum absolute atomic E-state index is 5.87. The van der Waals surface area contributed by atoms with Gasteiger partial charge in [-0.05, 0) is 44.4 Å². The first-order valence-electron chi connectivity index (χ1n) is 8.01. The van der Waals surface area contributed by atoms with Crippen LogP contribution in [-0.4, -0.2) is 30.3 Å². The topological polar surface area (TPSA) is 34.2 Å². The summed E-state index contributed by atoms with van der Waals surface area (Å²) in [4.78, 5) is 4.57. The maximum atomic E-state index is 5.87. The van der Waals surface area contributed by atoms with Gasteiger partial charge in [-0.1, -0.05) is 19.9 Å². The first-order valence-corrected chi connectivity index (χ1v) is 8.01. The molecule has 0 aromatic carbocycles. The highest BCUT2D eigenvalue weighted by atomic mass is 16.5. The summed E-state index contributed by atoms with van der Waals surface area (Å²) in [5.74, 6) is 0.620. The van der Waals surface area contributed by atoms with Crippen LogP contribution in [0.3, 0.4) is 0 Å². The van der Waals surface area contributed by atoms with Gasteiger partial charge in [-0.2, -0.15) is 0 Å². The summed E-state index contributed by atoms with van der Waals surface area (Å²) in [6.45, 7) is 8.51. The quantitative estimate of drug-likeness (QED) is 0.831. The molecule has 1 aliphatic rings. The van der Waals surface area contributed by atoms with E-state index >= 15 is 0 Å². The summed E-state index contributed by atoms with van der Waals surface area (Å²) in [5.41, 5.74) is 2.41. The number of nitrogens with one attached hydrogen (secondary N) is 1. The highest BCUT2D eigenvalue weighted by Gasteiger charge is 2.33. The lowest BCUT2D eigenvalue weighted by Crippen LogP contribution is -2.42. The Morgan fingerprint density at radius 2 is 2.25 bits per heavy atom. The normalized spacial score (nSPS) is 23.9. The number of aryl methyl sites for hydroxylation is 1. The van der Waals surface area contributed by atoms with Crippen LogP contribution in [0.2, 0.25) is 0 Å². The first kappa shape index (κ1) is 15.5. The minimum Gasteiger partial charge on any atom is -0.378 e. The highest BCUT2D eigenvalue weighted by Crippen LogP contribution is 2.28. The van der Waals surface area contributed by atoms with Crippen molar-refractivity contribution in [1.29, 1.82) is 0 Å². The second-order valence-electron chi connectivity index (χ2n) is 5.86. The van der Waals surface area contributed by atoms with Crippen molar-refractivity contribution >= 4 is 0 Å². The second-order valence-corrected chi connectivity index (χ2v) is 5.86. The Bertz CT molecular complexity index is 390. The van der Waals surface area contributed by atoms with E-state index in [1.807, 2.05) is 6.20 Å². The average molecular weight is 276 g/mol. The van der Waals surface area contributed by atoms with Crippen LogP contribution >= 0.6 is 0 Å². The Hall–Kier alpha value is -0.930. The van der Waals surface area contributed by atoms with Gasteiger partial charge in [0.25, 0.3) is 0 Å². The molecule has 3 nitrogen and oxygen atoms in total. The van der Waals surface area contributed by atoms with Gasteiger partial charge in [-0.3, -0.25) is 4.98 Å². The molecule has 2 heterocycles. The molecule has 3 atom stereocenters. The van der Waals surface area contributed by atoms with Gasteiger partial charge in [0, 0.05) is 36.9 Å². The van der Waals surface area contributed by atoms with Crippen molar-refractivity contribution in [3.63, 3.8) is 0 Å². The summed E-state index contributed by atoms with van der Waals surface area (Å²) in [7, 11) is 0. The molecule has 0 aliphatic carbocycles. The van der Waals surface area contributed by atoms with E-state index in [1.54, 1.807) is 0 Å². The molecule has 0 saturated carbocycles. The van der Waals surface area contributed by atoms with Gasteiger partial charge in [-0.25, -0.2) is 0 Å². The molecule has 1 aromatic heterocycles. The third-order valence-electron chi connectivity index (χ3n) is 4.24. The first-order chi connectivity index (χ1) is 9.74. The molecule has 1 N–H and O–H groups in total. The lowest BCUT2D eigenvalue weighted by molar-refractivity contribution is 0.0773. The van der Waals surface area contributed by atoms with Crippen LogP contribution in [0.4, 0.5) is 0 Å².